The van der Waals surface area contributed by atoms with Crippen molar-refractivity contribution in [3.8, 4) is 0 Å². The van der Waals surface area contributed by atoms with E-state index in [9.17, 15) is 4.79 Å². The van der Waals surface area contributed by atoms with Crippen LogP contribution in [-0.2, 0) is 9.53 Å². The zero-order valence-electron chi connectivity index (χ0n) is 7.89. The van der Waals surface area contributed by atoms with Crippen LogP contribution in [0.5, 0.6) is 0 Å². The highest BCUT2D eigenvalue weighted by atomic mass is 16.6. The molecule has 0 saturated heterocycles. The molecule has 0 amide bonds. The van der Waals surface area contributed by atoms with Gasteiger partial charge in [-0.05, 0) is 20.3 Å². The monoisotopic (exact) mass is 169 g/mol. The first-order valence-electron chi connectivity index (χ1n) is 4.37. The highest BCUT2D eigenvalue weighted by Crippen LogP contribution is 2.20. The molecule has 1 rings (SSSR count). The number of nitrogens with zero attached hydrogens (tertiary/aromatic N) is 1. The molecule has 1 heterocycles. The average molecular weight is 169 g/mol. The molecular formula is C9H15NO2. The Balaban J connectivity index is 2.54. The van der Waals surface area contributed by atoms with Crippen molar-refractivity contribution in [1.82, 2.24) is 0 Å². The summed E-state index contributed by atoms with van der Waals surface area (Å²) in [6.45, 7) is 5.64. The first-order valence-corrected chi connectivity index (χ1v) is 4.37. The molecule has 0 unspecified atom stereocenters. The van der Waals surface area contributed by atoms with Crippen LogP contribution in [0.15, 0.2) is 4.99 Å². The molecule has 0 aromatic carbocycles. The number of hydrogen-bond acceptors (Lipinski definition) is 3. The molecule has 0 spiro atoms. The third-order valence-electron chi connectivity index (χ3n) is 1.86. The Bertz CT molecular complexity index is 219. The van der Waals surface area contributed by atoms with Gasteiger partial charge in [0.15, 0.2) is 11.4 Å². The van der Waals surface area contributed by atoms with Crippen molar-refractivity contribution in [2.45, 2.75) is 45.6 Å². The van der Waals surface area contributed by atoms with Gasteiger partial charge in [-0.3, -0.25) is 0 Å². The maximum Gasteiger partial charge on any atom is 0.340 e. The molecule has 1 aliphatic rings. The van der Waals surface area contributed by atoms with Gasteiger partial charge in [-0.15, -0.1) is 0 Å². The maximum atomic E-state index is 11.1. The molecule has 3 nitrogen and oxygen atoms in total. The van der Waals surface area contributed by atoms with Crippen molar-refractivity contribution < 1.29 is 9.53 Å². The molecule has 0 aliphatic carbocycles. The Morgan fingerprint density at radius 3 is 2.58 bits per heavy atom. The summed E-state index contributed by atoms with van der Waals surface area (Å²) in [6, 6.07) is 0. The summed E-state index contributed by atoms with van der Waals surface area (Å²) in [6.07, 6.45) is 2.91. The Hall–Kier alpha value is -0.860. The lowest BCUT2D eigenvalue weighted by Gasteiger charge is -2.05. The standard InChI is InChI=1S/C9H15NO2/c1-4-5-6-7-10-9(2,3)8(11)12-7/h4-6H2,1-3H3. The van der Waals surface area contributed by atoms with Crippen LogP contribution < -0.4 is 0 Å². The van der Waals surface area contributed by atoms with Crippen LogP contribution in [0, 0.1) is 0 Å². The number of unbranched alkanes of at least 4 members (excludes halogenated alkanes) is 1. The molecule has 3 heteroatoms. The van der Waals surface area contributed by atoms with Crippen molar-refractivity contribution >= 4 is 11.9 Å². The van der Waals surface area contributed by atoms with Crippen LogP contribution in [0.4, 0.5) is 0 Å². The summed E-state index contributed by atoms with van der Waals surface area (Å²) in [4.78, 5) is 15.3. The predicted octanol–water partition coefficient (Wildman–Crippen LogP) is 1.91. The van der Waals surface area contributed by atoms with Crippen LogP contribution in [-0.4, -0.2) is 17.4 Å². The third kappa shape index (κ3) is 1.84. The van der Waals surface area contributed by atoms with E-state index in [2.05, 4.69) is 11.9 Å². The number of carbonyl (C=O) groups is 1. The van der Waals surface area contributed by atoms with Gasteiger partial charge in [-0.1, -0.05) is 13.3 Å². The van der Waals surface area contributed by atoms with Crippen molar-refractivity contribution in [1.29, 1.82) is 0 Å². The highest BCUT2D eigenvalue weighted by molar-refractivity contribution is 5.99. The fourth-order valence-electron chi connectivity index (χ4n) is 1.05. The molecule has 12 heavy (non-hydrogen) atoms. The van der Waals surface area contributed by atoms with Crippen molar-refractivity contribution in [2.24, 2.45) is 4.99 Å². The minimum absolute atomic E-state index is 0.228. The quantitative estimate of drug-likeness (QED) is 0.605. The molecule has 0 fully saturated rings. The number of rotatable bonds is 3. The fourth-order valence-corrected chi connectivity index (χ4v) is 1.05. The summed E-state index contributed by atoms with van der Waals surface area (Å²) < 4.78 is 4.99. The third-order valence-corrected chi connectivity index (χ3v) is 1.86. The smallest absolute Gasteiger partial charge is 0.340 e. The minimum atomic E-state index is -0.650. The summed E-state index contributed by atoms with van der Waals surface area (Å²) in [5.74, 6) is 0.375. The molecule has 0 N–H and O–H groups in total. The van der Waals surface area contributed by atoms with E-state index in [0.717, 1.165) is 19.3 Å². The molecule has 0 atom stereocenters. The fraction of sp³-hybridized carbons (Fsp3) is 0.778. The van der Waals surface area contributed by atoms with Gasteiger partial charge in [0.25, 0.3) is 0 Å². The predicted molar refractivity (Wildman–Crippen MR) is 47.1 cm³/mol. The van der Waals surface area contributed by atoms with E-state index in [1.165, 1.54) is 0 Å². The van der Waals surface area contributed by atoms with Crippen molar-refractivity contribution in [2.75, 3.05) is 0 Å². The minimum Gasteiger partial charge on any atom is -0.410 e. The second-order valence-electron chi connectivity index (χ2n) is 3.56. The number of aliphatic imine (C=N–C) groups is 1. The second kappa shape index (κ2) is 3.25. The molecule has 0 bridgehead atoms. The summed E-state index contributed by atoms with van der Waals surface area (Å²) in [7, 11) is 0. The zero-order valence-corrected chi connectivity index (χ0v) is 7.89. The number of ether oxygens (including phenoxy) is 1. The molecular weight excluding hydrogens is 154 g/mol. The number of cyclic esters (lactones) is 1. The number of carbonyl (C=O) groups excluding carboxylic acids is 1. The van der Waals surface area contributed by atoms with Crippen LogP contribution in [0.3, 0.4) is 0 Å². The molecule has 0 aromatic rings. The zero-order chi connectivity index (χ0) is 9.19. The Morgan fingerprint density at radius 1 is 1.50 bits per heavy atom. The normalized spacial score (nSPS) is 20.6. The first-order chi connectivity index (χ1) is 5.56. The van der Waals surface area contributed by atoms with Crippen molar-refractivity contribution in [3.05, 3.63) is 0 Å². The average Bonchev–Trinajstić information content (AvgIpc) is 2.22. The van der Waals surface area contributed by atoms with E-state index in [1.807, 2.05) is 0 Å². The topological polar surface area (TPSA) is 38.7 Å². The summed E-state index contributed by atoms with van der Waals surface area (Å²) in [5, 5.41) is 0. The first kappa shape index (κ1) is 9.23. The van der Waals surface area contributed by atoms with E-state index in [1.54, 1.807) is 13.8 Å². The largest absolute Gasteiger partial charge is 0.410 e. The Morgan fingerprint density at radius 2 is 2.17 bits per heavy atom. The van der Waals surface area contributed by atoms with E-state index in [0.29, 0.717) is 5.90 Å². The van der Waals surface area contributed by atoms with E-state index in [4.69, 9.17) is 4.74 Å². The highest BCUT2D eigenvalue weighted by Gasteiger charge is 2.36. The van der Waals surface area contributed by atoms with Crippen LogP contribution in [0.1, 0.15) is 40.0 Å². The molecule has 1 aliphatic heterocycles. The van der Waals surface area contributed by atoms with Gasteiger partial charge in [0.2, 0.25) is 0 Å². The van der Waals surface area contributed by atoms with Gasteiger partial charge in [0.1, 0.15) is 0 Å². The van der Waals surface area contributed by atoms with E-state index >= 15 is 0 Å². The summed E-state index contributed by atoms with van der Waals surface area (Å²) in [5.41, 5.74) is -0.650. The SMILES string of the molecule is CCCCC1=NC(C)(C)C(=O)O1. The molecule has 68 valence electrons. The van der Waals surface area contributed by atoms with Gasteiger partial charge in [0, 0.05) is 6.42 Å². The number of hydrogen-bond donors (Lipinski definition) is 0. The van der Waals surface area contributed by atoms with Crippen LogP contribution in [0.2, 0.25) is 0 Å². The lowest BCUT2D eigenvalue weighted by Crippen LogP contribution is -2.25. The van der Waals surface area contributed by atoms with E-state index in [-0.39, 0.29) is 5.97 Å². The van der Waals surface area contributed by atoms with Crippen molar-refractivity contribution in [3.63, 3.8) is 0 Å². The molecule has 0 saturated carbocycles. The Labute approximate surface area is 72.8 Å². The van der Waals surface area contributed by atoms with Gasteiger partial charge in [-0.2, -0.15) is 0 Å². The van der Waals surface area contributed by atoms with Gasteiger partial charge < -0.3 is 4.74 Å². The lowest BCUT2D eigenvalue weighted by atomic mass is 10.1. The van der Waals surface area contributed by atoms with Crippen LogP contribution in [0.25, 0.3) is 0 Å². The Kier molecular flexibility index (Phi) is 2.50. The van der Waals surface area contributed by atoms with Gasteiger partial charge >= 0.3 is 5.97 Å². The second-order valence-corrected chi connectivity index (χ2v) is 3.56. The lowest BCUT2D eigenvalue weighted by molar-refractivity contribution is -0.138. The van der Waals surface area contributed by atoms with Gasteiger partial charge in [0.05, 0.1) is 0 Å². The molecule has 0 radical (unpaired) electrons. The van der Waals surface area contributed by atoms with E-state index < -0.39 is 5.54 Å². The summed E-state index contributed by atoms with van der Waals surface area (Å²) >= 11 is 0. The van der Waals surface area contributed by atoms with Crippen LogP contribution >= 0.6 is 0 Å². The maximum absolute atomic E-state index is 11.1. The molecule has 0 aromatic heterocycles. The van der Waals surface area contributed by atoms with Gasteiger partial charge in [-0.25, -0.2) is 9.79 Å². The number of esters is 1.